The number of carbonyl (C=O) groups is 1. The summed E-state index contributed by atoms with van der Waals surface area (Å²) >= 11 is 0. The Morgan fingerprint density at radius 3 is 2.20 bits per heavy atom. The second kappa shape index (κ2) is 8.13. The van der Waals surface area contributed by atoms with Crippen molar-refractivity contribution < 1.29 is 17.9 Å². The van der Waals surface area contributed by atoms with Crippen LogP contribution in [0.15, 0.2) is 53.4 Å². The lowest BCUT2D eigenvalue weighted by Gasteiger charge is -2.11. The highest BCUT2D eigenvalue weighted by Gasteiger charge is 2.15. The molecule has 0 aliphatic carbocycles. The van der Waals surface area contributed by atoms with Gasteiger partial charge in [-0.25, -0.2) is 13.1 Å². The zero-order valence-corrected chi connectivity index (χ0v) is 15.3. The molecule has 0 radical (unpaired) electrons. The molecule has 2 aromatic carbocycles. The number of hydrogen-bond donors (Lipinski definition) is 2. The van der Waals surface area contributed by atoms with Crippen LogP contribution >= 0.6 is 0 Å². The summed E-state index contributed by atoms with van der Waals surface area (Å²) in [7, 11) is -3.77. The van der Waals surface area contributed by atoms with Crippen molar-refractivity contribution >= 4 is 21.6 Å². The maximum absolute atomic E-state index is 12.2. The Kier molecular flexibility index (Phi) is 6.17. The van der Waals surface area contributed by atoms with Gasteiger partial charge in [0, 0.05) is 5.69 Å². The van der Waals surface area contributed by atoms with Crippen LogP contribution in [0.1, 0.15) is 19.4 Å². The lowest BCUT2D eigenvalue weighted by molar-refractivity contribution is -0.115. The zero-order valence-electron chi connectivity index (χ0n) is 14.4. The van der Waals surface area contributed by atoms with E-state index in [0.29, 0.717) is 11.4 Å². The maximum atomic E-state index is 12.2. The van der Waals surface area contributed by atoms with E-state index in [0.717, 1.165) is 5.56 Å². The van der Waals surface area contributed by atoms with Crippen molar-refractivity contribution in [3.8, 4) is 5.75 Å². The molecule has 0 heterocycles. The molecule has 0 aromatic heterocycles. The highest BCUT2D eigenvalue weighted by Crippen LogP contribution is 2.17. The van der Waals surface area contributed by atoms with E-state index in [4.69, 9.17) is 4.74 Å². The Bertz CT molecular complexity index is 813. The van der Waals surface area contributed by atoms with Gasteiger partial charge in [-0.15, -0.1) is 0 Å². The van der Waals surface area contributed by atoms with Gasteiger partial charge in [0.25, 0.3) is 0 Å². The Morgan fingerprint density at radius 1 is 1.04 bits per heavy atom. The summed E-state index contributed by atoms with van der Waals surface area (Å²) in [5.41, 5.74) is 1.69. The molecular formula is C18H22N2O4S. The summed E-state index contributed by atoms with van der Waals surface area (Å²) < 4.78 is 32.2. The van der Waals surface area contributed by atoms with Gasteiger partial charge in [-0.05, 0) is 57.2 Å². The van der Waals surface area contributed by atoms with Crippen LogP contribution in [0.3, 0.4) is 0 Å². The zero-order chi connectivity index (χ0) is 18.4. The third-order valence-corrected chi connectivity index (χ3v) is 4.68. The number of aryl methyl sites for hydroxylation is 1. The van der Waals surface area contributed by atoms with E-state index in [1.807, 2.05) is 32.9 Å². The van der Waals surface area contributed by atoms with Crippen molar-refractivity contribution in [2.24, 2.45) is 0 Å². The average Bonchev–Trinajstić information content (AvgIpc) is 2.55. The van der Waals surface area contributed by atoms with E-state index in [9.17, 15) is 13.2 Å². The summed E-state index contributed by atoms with van der Waals surface area (Å²) in [4.78, 5) is 12.0. The maximum Gasteiger partial charge on any atom is 0.241 e. The first-order valence-corrected chi connectivity index (χ1v) is 9.37. The van der Waals surface area contributed by atoms with E-state index >= 15 is 0 Å². The number of nitrogens with one attached hydrogen (secondary N) is 2. The van der Waals surface area contributed by atoms with Crippen molar-refractivity contribution in [1.29, 1.82) is 0 Å². The SMILES string of the molecule is Cc1ccc(NC(=O)CNS(=O)(=O)c2ccc(OC(C)C)cc2)cc1. The normalized spacial score (nSPS) is 11.4. The van der Waals surface area contributed by atoms with Crippen LogP contribution in [0.4, 0.5) is 5.69 Å². The molecule has 2 aromatic rings. The summed E-state index contributed by atoms with van der Waals surface area (Å²) in [5.74, 6) is 0.151. The fourth-order valence-electron chi connectivity index (χ4n) is 2.06. The molecule has 0 spiro atoms. The minimum atomic E-state index is -3.77. The Morgan fingerprint density at radius 2 is 1.64 bits per heavy atom. The standard InChI is InChI=1S/C18H22N2O4S/c1-13(2)24-16-8-10-17(11-9-16)25(22,23)19-12-18(21)20-15-6-4-14(3)5-7-15/h4-11,13,19H,12H2,1-3H3,(H,20,21). The van der Waals surface area contributed by atoms with Crippen molar-refractivity contribution in [1.82, 2.24) is 4.72 Å². The van der Waals surface area contributed by atoms with Gasteiger partial charge in [-0.1, -0.05) is 17.7 Å². The van der Waals surface area contributed by atoms with Crippen LogP contribution < -0.4 is 14.8 Å². The number of amides is 1. The van der Waals surface area contributed by atoms with Crippen LogP contribution in [0, 0.1) is 6.92 Å². The number of rotatable bonds is 7. The van der Waals surface area contributed by atoms with Gasteiger partial charge in [-0.3, -0.25) is 4.79 Å². The van der Waals surface area contributed by atoms with Crippen LogP contribution in [-0.4, -0.2) is 27.0 Å². The summed E-state index contributed by atoms with van der Waals surface area (Å²) in [6.45, 7) is 5.37. The largest absolute Gasteiger partial charge is 0.491 e. The quantitative estimate of drug-likeness (QED) is 0.793. The molecule has 2 N–H and O–H groups in total. The monoisotopic (exact) mass is 362 g/mol. The van der Waals surface area contributed by atoms with E-state index in [1.54, 1.807) is 24.3 Å². The molecule has 0 aliphatic heterocycles. The van der Waals surface area contributed by atoms with Crippen LogP contribution in [0.25, 0.3) is 0 Å². The van der Waals surface area contributed by atoms with Gasteiger partial charge in [0.15, 0.2) is 0 Å². The Balaban J connectivity index is 1.94. The van der Waals surface area contributed by atoms with Gasteiger partial charge < -0.3 is 10.1 Å². The van der Waals surface area contributed by atoms with Crippen LogP contribution in [0.5, 0.6) is 5.75 Å². The second-order valence-electron chi connectivity index (χ2n) is 5.88. The van der Waals surface area contributed by atoms with E-state index in [-0.39, 0.29) is 17.5 Å². The van der Waals surface area contributed by atoms with Crippen molar-refractivity contribution in [3.63, 3.8) is 0 Å². The molecule has 1 amide bonds. The number of hydrogen-bond acceptors (Lipinski definition) is 4. The van der Waals surface area contributed by atoms with Gasteiger partial charge in [-0.2, -0.15) is 0 Å². The molecule has 0 aliphatic rings. The summed E-state index contributed by atoms with van der Waals surface area (Å²) in [6, 6.07) is 13.3. The first kappa shape index (κ1) is 19.0. The fourth-order valence-corrected chi connectivity index (χ4v) is 3.04. The minimum Gasteiger partial charge on any atom is -0.491 e. The molecule has 0 fully saturated rings. The molecule has 0 saturated carbocycles. The van der Waals surface area contributed by atoms with Crippen molar-refractivity contribution in [2.45, 2.75) is 31.8 Å². The first-order chi connectivity index (χ1) is 11.8. The average molecular weight is 362 g/mol. The van der Waals surface area contributed by atoms with Crippen LogP contribution in [0.2, 0.25) is 0 Å². The lowest BCUT2D eigenvalue weighted by atomic mass is 10.2. The van der Waals surface area contributed by atoms with Crippen LogP contribution in [-0.2, 0) is 14.8 Å². The van der Waals surface area contributed by atoms with E-state index in [2.05, 4.69) is 10.0 Å². The summed E-state index contributed by atoms with van der Waals surface area (Å²) in [5, 5.41) is 2.64. The predicted octanol–water partition coefficient (Wildman–Crippen LogP) is 2.70. The second-order valence-corrected chi connectivity index (χ2v) is 7.64. The number of ether oxygens (including phenoxy) is 1. The molecule has 0 bridgehead atoms. The molecule has 0 atom stereocenters. The number of carbonyl (C=O) groups excluding carboxylic acids is 1. The molecule has 7 heteroatoms. The highest BCUT2D eigenvalue weighted by molar-refractivity contribution is 7.89. The number of benzene rings is 2. The van der Waals surface area contributed by atoms with E-state index in [1.165, 1.54) is 12.1 Å². The molecular weight excluding hydrogens is 340 g/mol. The third-order valence-electron chi connectivity index (χ3n) is 3.26. The third kappa shape index (κ3) is 5.88. The molecule has 25 heavy (non-hydrogen) atoms. The van der Waals surface area contributed by atoms with Gasteiger partial charge >= 0.3 is 0 Å². The molecule has 0 unspecified atom stereocenters. The van der Waals surface area contributed by atoms with E-state index < -0.39 is 15.9 Å². The van der Waals surface area contributed by atoms with Crippen molar-refractivity contribution in [3.05, 3.63) is 54.1 Å². The Labute approximate surface area is 148 Å². The number of anilines is 1. The lowest BCUT2D eigenvalue weighted by Crippen LogP contribution is -2.32. The van der Waals surface area contributed by atoms with Crippen molar-refractivity contribution in [2.75, 3.05) is 11.9 Å². The smallest absolute Gasteiger partial charge is 0.241 e. The topological polar surface area (TPSA) is 84.5 Å². The minimum absolute atomic E-state index is 0.00560. The number of sulfonamides is 1. The fraction of sp³-hybridized carbons (Fsp3) is 0.278. The molecule has 2 rings (SSSR count). The predicted molar refractivity (Wildman–Crippen MR) is 97.2 cm³/mol. The molecule has 6 nitrogen and oxygen atoms in total. The van der Waals surface area contributed by atoms with Gasteiger partial charge in [0.2, 0.25) is 15.9 Å². The first-order valence-electron chi connectivity index (χ1n) is 7.89. The van der Waals surface area contributed by atoms with Gasteiger partial charge in [0.05, 0.1) is 17.5 Å². The highest BCUT2D eigenvalue weighted by atomic mass is 32.2. The summed E-state index contributed by atoms with van der Waals surface area (Å²) in [6.07, 6.45) is 0.00560. The Hall–Kier alpha value is -2.38. The molecule has 0 saturated heterocycles. The van der Waals surface area contributed by atoms with Gasteiger partial charge in [0.1, 0.15) is 5.75 Å². The molecule has 134 valence electrons.